The van der Waals surface area contributed by atoms with Gasteiger partial charge in [-0.3, -0.25) is 0 Å². The Hall–Kier alpha value is -1.62. The van der Waals surface area contributed by atoms with E-state index in [0.29, 0.717) is 28.1 Å². The normalized spacial score (nSPS) is 16.9. The Bertz CT molecular complexity index is 736. The summed E-state index contributed by atoms with van der Waals surface area (Å²) in [6.45, 7) is 1.58. The molecule has 0 saturated carbocycles. The maximum Gasteiger partial charge on any atom is 0.161 e. The minimum Gasteiger partial charge on any atom is -0.493 e. The van der Waals surface area contributed by atoms with Gasteiger partial charge in [0.2, 0.25) is 0 Å². The summed E-state index contributed by atoms with van der Waals surface area (Å²) >= 11 is 12.1. The highest BCUT2D eigenvalue weighted by Crippen LogP contribution is 2.36. The van der Waals surface area contributed by atoms with Crippen molar-refractivity contribution in [3.8, 4) is 17.2 Å². The minimum absolute atomic E-state index is 0.153. The fourth-order valence-electron chi connectivity index (χ4n) is 2.84. The number of halogens is 2. The van der Waals surface area contributed by atoms with Crippen LogP contribution in [0.15, 0.2) is 30.3 Å². The Labute approximate surface area is 151 Å². The molecule has 3 rings (SSSR count). The van der Waals surface area contributed by atoms with Gasteiger partial charge in [-0.1, -0.05) is 23.2 Å². The van der Waals surface area contributed by atoms with E-state index >= 15 is 0 Å². The first kappa shape index (κ1) is 17.2. The number of nitrogens with one attached hydrogen (secondary N) is 1. The lowest BCUT2D eigenvalue weighted by molar-refractivity contribution is 0.204. The molecule has 1 aliphatic rings. The standard InChI is InChI=1S/C18H19Cl2NO3/c1-22-16-7-11-5-6-21-10-18(13(11)9-17(16)23-2)24-12-3-4-14(19)15(20)8-12/h3-4,7-9,18,21H,5-6,10H2,1-2H3. The van der Waals surface area contributed by atoms with Crippen molar-refractivity contribution in [1.29, 1.82) is 0 Å². The highest BCUT2D eigenvalue weighted by Gasteiger charge is 2.23. The van der Waals surface area contributed by atoms with Gasteiger partial charge in [0, 0.05) is 18.2 Å². The first-order valence-electron chi connectivity index (χ1n) is 7.69. The molecule has 0 bridgehead atoms. The van der Waals surface area contributed by atoms with Gasteiger partial charge in [-0.25, -0.2) is 0 Å². The van der Waals surface area contributed by atoms with Crippen LogP contribution in [-0.4, -0.2) is 27.3 Å². The van der Waals surface area contributed by atoms with E-state index in [1.807, 2.05) is 18.2 Å². The molecular weight excluding hydrogens is 349 g/mol. The average molecular weight is 368 g/mol. The van der Waals surface area contributed by atoms with Crippen LogP contribution in [0.1, 0.15) is 17.2 Å². The third kappa shape index (κ3) is 3.56. The third-order valence-electron chi connectivity index (χ3n) is 4.06. The SMILES string of the molecule is COc1cc2c(cc1OC)C(Oc1ccc(Cl)c(Cl)c1)CNCC2. The molecular formula is C18H19Cl2NO3. The first-order chi connectivity index (χ1) is 11.6. The van der Waals surface area contributed by atoms with E-state index in [4.69, 9.17) is 37.4 Å². The van der Waals surface area contributed by atoms with Crippen molar-refractivity contribution in [3.63, 3.8) is 0 Å². The van der Waals surface area contributed by atoms with E-state index in [9.17, 15) is 0 Å². The summed E-state index contributed by atoms with van der Waals surface area (Å²) < 4.78 is 17.0. The van der Waals surface area contributed by atoms with Gasteiger partial charge < -0.3 is 19.5 Å². The van der Waals surface area contributed by atoms with E-state index < -0.39 is 0 Å². The van der Waals surface area contributed by atoms with Crippen molar-refractivity contribution in [2.75, 3.05) is 27.3 Å². The average Bonchev–Trinajstić information content (AvgIpc) is 2.78. The molecule has 1 aliphatic heterocycles. The molecule has 1 atom stereocenters. The zero-order chi connectivity index (χ0) is 17.1. The van der Waals surface area contributed by atoms with E-state index in [1.54, 1.807) is 26.4 Å². The van der Waals surface area contributed by atoms with Crippen LogP contribution < -0.4 is 19.5 Å². The lowest BCUT2D eigenvalue weighted by Crippen LogP contribution is -2.23. The molecule has 1 heterocycles. The van der Waals surface area contributed by atoms with Gasteiger partial charge in [0.15, 0.2) is 11.5 Å². The summed E-state index contributed by atoms with van der Waals surface area (Å²) in [5.41, 5.74) is 2.27. The Kier molecular flexibility index (Phi) is 5.39. The summed E-state index contributed by atoms with van der Waals surface area (Å²) in [5, 5.41) is 4.38. The van der Waals surface area contributed by atoms with Crippen LogP contribution in [-0.2, 0) is 6.42 Å². The number of hydrogen-bond acceptors (Lipinski definition) is 4. The van der Waals surface area contributed by atoms with Gasteiger partial charge >= 0.3 is 0 Å². The van der Waals surface area contributed by atoms with Crippen molar-refractivity contribution in [2.45, 2.75) is 12.5 Å². The molecule has 2 aromatic carbocycles. The van der Waals surface area contributed by atoms with Crippen molar-refractivity contribution < 1.29 is 14.2 Å². The number of rotatable bonds is 4. The summed E-state index contributed by atoms with van der Waals surface area (Å²) in [7, 11) is 3.27. The van der Waals surface area contributed by atoms with E-state index in [1.165, 1.54) is 5.56 Å². The van der Waals surface area contributed by atoms with Gasteiger partial charge in [-0.05, 0) is 42.8 Å². The lowest BCUT2D eigenvalue weighted by atomic mass is 10.00. The maximum atomic E-state index is 6.17. The molecule has 1 unspecified atom stereocenters. The van der Waals surface area contributed by atoms with Gasteiger partial charge in [0.25, 0.3) is 0 Å². The molecule has 4 nitrogen and oxygen atoms in total. The van der Waals surface area contributed by atoms with Gasteiger partial charge in [0.1, 0.15) is 11.9 Å². The zero-order valence-electron chi connectivity index (χ0n) is 13.6. The fourth-order valence-corrected chi connectivity index (χ4v) is 3.13. The smallest absolute Gasteiger partial charge is 0.161 e. The Morgan fingerprint density at radius 2 is 1.75 bits per heavy atom. The minimum atomic E-state index is -0.153. The predicted octanol–water partition coefficient (Wildman–Crippen LogP) is 4.28. The van der Waals surface area contributed by atoms with E-state index in [-0.39, 0.29) is 6.10 Å². The van der Waals surface area contributed by atoms with Gasteiger partial charge in [-0.2, -0.15) is 0 Å². The monoisotopic (exact) mass is 367 g/mol. The number of ether oxygens (including phenoxy) is 3. The fraction of sp³-hybridized carbons (Fsp3) is 0.333. The highest BCUT2D eigenvalue weighted by atomic mass is 35.5. The van der Waals surface area contributed by atoms with Gasteiger partial charge in [0.05, 0.1) is 24.3 Å². The summed E-state index contributed by atoms with van der Waals surface area (Å²) in [5.74, 6) is 2.10. The zero-order valence-corrected chi connectivity index (χ0v) is 15.1. The quantitative estimate of drug-likeness (QED) is 0.875. The number of benzene rings is 2. The van der Waals surface area contributed by atoms with Gasteiger partial charge in [-0.15, -0.1) is 0 Å². The summed E-state index contributed by atoms with van der Waals surface area (Å²) in [4.78, 5) is 0. The molecule has 0 saturated heterocycles. The molecule has 1 N–H and O–H groups in total. The topological polar surface area (TPSA) is 39.7 Å². The van der Waals surface area contributed by atoms with Crippen LogP contribution in [0.5, 0.6) is 17.2 Å². The molecule has 0 amide bonds. The molecule has 0 radical (unpaired) electrons. The Morgan fingerprint density at radius 1 is 1.00 bits per heavy atom. The molecule has 6 heteroatoms. The number of methoxy groups -OCH3 is 2. The second-order valence-electron chi connectivity index (χ2n) is 5.54. The van der Waals surface area contributed by atoms with Crippen LogP contribution >= 0.6 is 23.2 Å². The van der Waals surface area contributed by atoms with Crippen LogP contribution in [0, 0.1) is 0 Å². The second-order valence-corrected chi connectivity index (χ2v) is 6.36. The van der Waals surface area contributed by atoms with Crippen molar-refractivity contribution >= 4 is 23.2 Å². The molecule has 0 spiro atoms. The largest absolute Gasteiger partial charge is 0.493 e. The lowest BCUT2D eigenvalue weighted by Gasteiger charge is -2.21. The number of hydrogen-bond donors (Lipinski definition) is 1. The Balaban J connectivity index is 1.96. The van der Waals surface area contributed by atoms with E-state index in [2.05, 4.69) is 5.32 Å². The highest BCUT2D eigenvalue weighted by molar-refractivity contribution is 6.42. The van der Waals surface area contributed by atoms with Crippen LogP contribution in [0.4, 0.5) is 0 Å². The van der Waals surface area contributed by atoms with Crippen LogP contribution in [0.25, 0.3) is 0 Å². The first-order valence-corrected chi connectivity index (χ1v) is 8.45. The van der Waals surface area contributed by atoms with Crippen LogP contribution in [0.3, 0.4) is 0 Å². The summed E-state index contributed by atoms with van der Waals surface area (Å²) in [6.07, 6.45) is 0.747. The molecule has 128 valence electrons. The second kappa shape index (κ2) is 7.51. The molecule has 2 aromatic rings. The number of fused-ring (bicyclic) bond motifs is 1. The molecule has 0 aromatic heterocycles. The van der Waals surface area contributed by atoms with Crippen molar-refractivity contribution in [3.05, 3.63) is 51.5 Å². The molecule has 24 heavy (non-hydrogen) atoms. The third-order valence-corrected chi connectivity index (χ3v) is 4.80. The van der Waals surface area contributed by atoms with Crippen LogP contribution in [0.2, 0.25) is 10.0 Å². The van der Waals surface area contributed by atoms with Crippen molar-refractivity contribution in [1.82, 2.24) is 5.32 Å². The van der Waals surface area contributed by atoms with Crippen molar-refractivity contribution in [2.24, 2.45) is 0 Å². The Morgan fingerprint density at radius 3 is 2.46 bits per heavy atom. The summed E-state index contributed by atoms with van der Waals surface area (Å²) in [6, 6.07) is 9.29. The van der Waals surface area contributed by atoms with E-state index in [0.717, 1.165) is 24.3 Å². The maximum absolute atomic E-state index is 6.17. The molecule has 0 aliphatic carbocycles. The molecule has 0 fully saturated rings. The predicted molar refractivity (Wildman–Crippen MR) is 96.0 cm³/mol.